The van der Waals surface area contributed by atoms with Crippen LogP contribution >= 0.6 is 0 Å². The molecule has 1 aromatic heterocycles. The topological polar surface area (TPSA) is 90.1 Å². The molecule has 1 N–H and O–H groups in total. The molecule has 0 spiro atoms. The maximum absolute atomic E-state index is 12.5. The SMILES string of the molecule is Cc1cccc(C(=O)Nc2cccc(Cn3ccnc3)c2)c1[N+](=O)[O-]. The van der Waals surface area contributed by atoms with Gasteiger partial charge in [-0.05, 0) is 30.7 Å². The first-order valence-corrected chi connectivity index (χ1v) is 7.64. The molecule has 126 valence electrons. The van der Waals surface area contributed by atoms with E-state index < -0.39 is 10.8 Å². The molecule has 0 atom stereocenters. The van der Waals surface area contributed by atoms with Crippen molar-refractivity contribution in [3.05, 3.63) is 88.0 Å². The summed E-state index contributed by atoms with van der Waals surface area (Å²) < 4.78 is 1.91. The van der Waals surface area contributed by atoms with Crippen molar-refractivity contribution in [2.45, 2.75) is 13.5 Å². The molecule has 25 heavy (non-hydrogen) atoms. The number of nitro benzene ring substituents is 1. The van der Waals surface area contributed by atoms with E-state index in [1.54, 1.807) is 37.6 Å². The molecule has 7 heteroatoms. The van der Waals surface area contributed by atoms with E-state index in [0.29, 0.717) is 17.8 Å². The van der Waals surface area contributed by atoms with Gasteiger partial charge in [0.05, 0.1) is 11.3 Å². The number of carbonyl (C=O) groups is 1. The predicted molar refractivity (Wildman–Crippen MR) is 93.6 cm³/mol. The minimum atomic E-state index is -0.528. The van der Waals surface area contributed by atoms with Crippen molar-refractivity contribution in [3.63, 3.8) is 0 Å². The van der Waals surface area contributed by atoms with E-state index in [0.717, 1.165) is 5.56 Å². The minimum absolute atomic E-state index is 0.0463. The van der Waals surface area contributed by atoms with Gasteiger partial charge in [-0.25, -0.2) is 4.98 Å². The van der Waals surface area contributed by atoms with Gasteiger partial charge in [-0.1, -0.05) is 24.3 Å². The van der Waals surface area contributed by atoms with Gasteiger partial charge in [-0.15, -0.1) is 0 Å². The number of rotatable bonds is 5. The molecular formula is C18H16N4O3. The number of carbonyl (C=O) groups excluding carboxylic acids is 1. The molecule has 0 saturated heterocycles. The number of hydrogen-bond donors (Lipinski definition) is 1. The van der Waals surface area contributed by atoms with E-state index >= 15 is 0 Å². The van der Waals surface area contributed by atoms with Crippen molar-refractivity contribution in [1.29, 1.82) is 0 Å². The van der Waals surface area contributed by atoms with Gasteiger partial charge in [0.1, 0.15) is 5.56 Å². The van der Waals surface area contributed by atoms with Gasteiger partial charge in [0.2, 0.25) is 0 Å². The van der Waals surface area contributed by atoms with Gasteiger partial charge in [0.25, 0.3) is 11.6 Å². The van der Waals surface area contributed by atoms with Gasteiger partial charge in [0.15, 0.2) is 0 Å². The fourth-order valence-electron chi connectivity index (χ4n) is 2.62. The molecule has 7 nitrogen and oxygen atoms in total. The second-order valence-electron chi connectivity index (χ2n) is 5.62. The van der Waals surface area contributed by atoms with Crippen molar-refractivity contribution in [3.8, 4) is 0 Å². The molecule has 0 fully saturated rings. The van der Waals surface area contributed by atoms with E-state index in [9.17, 15) is 14.9 Å². The lowest BCUT2D eigenvalue weighted by atomic mass is 10.1. The third-order valence-electron chi connectivity index (χ3n) is 3.77. The number of nitrogens with zero attached hydrogens (tertiary/aromatic N) is 3. The third kappa shape index (κ3) is 3.72. The van der Waals surface area contributed by atoms with Crippen molar-refractivity contribution < 1.29 is 9.72 Å². The Bertz CT molecular complexity index is 920. The fraction of sp³-hybridized carbons (Fsp3) is 0.111. The van der Waals surface area contributed by atoms with E-state index in [1.807, 2.05) is 29.0 Å². The molecule has 1 amide bonds. The molecule has 0 saturated carbocycles. The van der Waals surface area contributed by atoms with Crippen LogP contribution in [0.15, 0.2) is 61.2 Å². The summed E-state index contributed by atoms with van der Waals surface area (Å²) in [5.74, 6) is -0.504. The number of nitrogens with one attached hydrogen (secondary N) is 1. The van der Waals surface area contributed by atoms with Gasteiger partial charge in [0, 0.05) is 30.2 Å². The Labute approximate surface area is 144 Å². The van der Waals surface area contributed by atoms with Crippen LogP contribution in [0.25, 0.3) is 0 Å². The number of para-hydroxylation sites is 1. The molecule has 0 bridgehead atoms. The highest BCUT2D eigenvalue weighted by Crippen LogP contribution is 2.24. The van der Waals surface area contributed by atoms with E-state index in [4.69, 9.17) is 0 Å². The summed E-state index contributed by atoms with van der Waals surface area (Å²) in [4.78, 5) is 27.2. The molecule has 3 rings (SSSR count). The molecule has 0 radical (unpaired) electrons. The van der Waals surface area contributed by atoms with Gasteiger partial charge < -0.3 is 9.88 Å². The smallest absolute Gasteiger partial charge is 0.285 e. The second-order valence-corrected chi connectivity index (χ2v) is 5.62. The zero-order chi connectivity index (χ0) is 17.8. The molecule has 0 aliphatic heterocycles. The largest absolute Gasteiger partial charge is 0.333 e. The van der Waals surface area contributed by atoms with Crippen molar-refractivity contribution in [1.82, 2.24) is 9.55 Å². The molecule has 0 aliphatic carbocycles. The Balaban J connectivity index is 1.82. The van der Waals surface area contributed by atoms with Crippen LogP contribution in [0.4, 0.5) is 11.4 Å². The number of benzene rings is 2. The highest BCUT2D eigenvalue weighted by Gasteiger charge is 2.22. The summed E-state index contributed by atoms with van der Waals surface area (Å²) in [5.41, 5.74) is 1.89. The van der Waals surface area contributed by atoms with Crippen LogP contribution in [0.1, 0.15) is 21.5 Å². The predicted octanol–water partition coefficient (Wildman–Crippen LogP) is 3.40. The second kappa shape index (κ2) is 6.96. The van der Waals surface area contributed by atoms with Gasteiger partial charge in [-0.3, -0.25) is 14.9 Å². The quantitative estimate of drug-likeness (QED) is 0.571. The van der Waals surface area contributed by atoms with E-state index in [-0.39, 0.29) is 11.3 Å². The zero-order valence-corrected chi connectivity index (χ0v) is 13.5. The van der Waals surface area contributed by atoms with Gasteiger partial charge in [-0.2, -0.15) is 0 Å². The number of anilines is 1. The fourth-order valence-corrected chi connectivity index (χ4v) is 2.62. The van der Waals surface area contributed by atoms with Crippen LogP contribution in [0.3, 0.4) is 0 Å². The van der Waals surface area contributed by atoms with Gasteiger partial charge >= 0.3 is 0 Å². The highest BCUT2D eigenvalue weighted by atomic mass is 16.6. The Morgan fingerprint density at radius 1 is 1.28 bits per heavy atom. The maximum atomic E-state index is 12.5. The number of aryl methyl sites for hydroxylation is 1. The molecule has 3 aromatic rings. The lowest BCUT2D eigenvalue weighted by Gasteiger charge is -2.09. The molecular weight excluding hydrogens is 320 g/mol. The number of amides is 1. The van der Waals surface area contributed by atoms with E-state index in [1.165, 1.54) is 6.07 Å². The lowest BCUT2D eigenvalue weighted by molar-refractivity contribution is -0.385. The zero-order valence-electron chi connectivity index (χ0n) is 13.5. The number of hydrogen-bond acceptors (Lipinski definition) is 4. The van der Waals surface area contributed by atoms with Crippen LogP contribution in [0.2, 0.25) is 0 Å². The van der Waals surface area contributed by atoms with Crippen LogP contribution < -0.4 is 5.32 Å². The van der Waals surface area contributed by atoms with Crippen molar-refractivity contribution >= 4 is 17.3 Å². The first-order valence-electron chi connectivity index (χ1n) is 7.64. The first kappa shape index (κ1) is 16.4. The molecule has 1 heterocycles. The summed E-state index contributed by atoms with van der Waals surface area (Å²) >= 11 is 0. The minimum Gasteiger partial charge on any atom is -0.333 e. The number of imidazole rings is 1. The lowest BCUT2D eigenvalue weighted by Crippen LogP contribution is -2.14. The maximum Gasteiger partial charge on any atom is 0.285 e. The molecule has 0 aliphatic rings. The van der Waals surface area contributed by atoms with Crippen molar-refractivity contribution in [2.75, 3.05) is 5.32 Å². The third-order valence-corrected chi connectivity index (χ3v) is 3.77. The summed E-state index contributed by atoms with van der Waals surface area (Å²) in [5, 5.41) is 14.0. The first-order chi connectivity index (χ1) is 12.0. The Morgan fingerprint density at radius 2 is 2.08 bits per heavy atom. The average molecular weight is 336 g/mol. The number of nitro groups is 1. The average Bonchev–Trinajstić information content (AvgIpc) is 3.07. The number of aromatic nitrogens is 2. The Hall–Kier alpha value is -3.48. The Kier molecular flexibility index (Phi) is 4.56. The molecule has 2 aromatic carbocycles. The van der Waals surface area contributed by atoms with Crippen LogP contribution in [-0.2, 0) is 6.54 Å². The summed E-state index contributed by atoms with van der Waals surface area (Å²) in [6.07, 6.45) is 5.26. The summed E-state index contributed by atoms with van der Waals surface area (Å²) in [6.45, 7) is 2.23. The monoisotopic (exact) mass is 336 g/mol. The summed E-state index contributed by atoms with van der Waals surface area (Å²) in [6, 6.07) is 12.0. The van der Waals surface area contributed by atoms with Crippen molar-refractivity contribution in [2.24, 2.45) is 0 Å². The van der Waals surface area contributed by atoms with Crippen LogP contribution in [0, 0.1) is 17.0 Å². The Morgan fingerprint density at radius 3 is 2.80 bits per heavy atom. The van der Waals surface area contributed by atoms with Crippen LogP contribution in [-0.4, -0.2) is 20.4 Å². The highest BCUT2D eigenvalue weighted by molar-refractivity contribution is 6.07. The molecule has 0 unspecified atom stereocenters. The van der Waals surface area contributed by atoms with E-state index in [2.05, 4.69) is 10.3 Å². The van der Waals surface area contributed by atoms with Crippen LogP contribution in [0.5, 0.6) is 0 Å². The normalized spacial score (nSPS) is 10.4. The standard InChI is InChI=1S/C18H16N4O3/c1-13-4-2-7-16(17(13)22(24)25)18(23)20-15-6-3-5-14(10-15)11-21-9-8-19-12-21/h2-10,12H,11H2,1H3,(H,20,23). The summed E-state index contributed by atoms with van der Waals surface area (Å²) in [7, 11) is 0.